The van der Waals surface area contributed by atoms with Crippen LogP contribution in [0.5, 0.6) is 5.75 Å². The number of amides is 2. The molecule has 0 N–H and O–H groups in total. The van der Waals surface area contributed by atoms with E-state index in [2.05, 4.69) is 17.9 Å². The Morgan fingerprint density at radius 1 is 0.921 bits per heavy atom. The molecule has 0 spiro atoms. The van der Waals surface area contributed by atoms with Crippen molar-refractivity contribution in [3.63, 3.8) is 0 Å². The molecule has 2 aromatic carbocycles. The number of hydrogen-bond acceptors (Lipinski definition) is 3. The molecule has 0 bridgehead atoms. The van der Waals surface area contributed by atoms with E-state index in [1.807, 2.05) is 65.2 Å². The quantitative estimate of drug-likeness (QED) is 0.404. The molecule has 1 fully saturated rings. The van der Waals surface area contributed by atoms with Crippen LogP contribution in [0.3, 0.4) is 0 Å². The monoisotopic (exact) mass is 515 g/mol. The second-order valence-corrected chi connectivity index (χ2v) is 10.9. The molecule has 6 heteroatoms. The zero-order valence-electron chi connectivity index (χ0n) is 22.9. The van der Waals surface area contributed by atoms with Crippen molar-refractivity contribution >= 4 is 22.7 Å². The third-order valence-electron chi connectivity index (χ3n) is 8.21. The SMILES string of the molecule is CCCN1CCCCCCN(C(=O)c2cn(C)c3ccccc23)[C@@H]2CCCC[C@@H]2Oc2ccccc2C1=O. The fourth-order valence-electron chi connectivity index (χ4n) is 6.26. The largest absolute Gasteiger partial charge is 0.487 e. The van der Waals surface area contributed by atoms with Crippen molar-refractivity contribution in [3.8, 4) is 5.75 Å². The lowest BCUT2D eigenvalue weighted by atomic mass is 9.90. The van der Waals surface area contributed by atoms with Gasteiger partial charge >= 0.3 is 0 Å². The molecule has 0 saturated heterocycles. The molecule has 202 valence electrons. The van der Waals surface area contributed by atoms with E-state index < -0.39 is 0 Å². The van der Waals surface area contributed by atoms with Gasteiger partial charge in [-0.05, 0) is 56.7 Å². The molecule has 6 nitrogen and oxygen atoms in total. The molecule has 2 aliphatic rings. The lowest BCUT2D eigenvalue weighted by molar-refractivity contribution is 0.0268. The van der Waals surface area contributed by atoms with E-state index in [0.717, 1.165) is 93.9 Å². The van der Waals surface area contributed by atoms with Crippen molar-refractivity contribution in [3.05, 3.63) is 65.9 Å². The highest BCUT2D eigenvalue weighted by Crippen LogP contribution is 2.32. The van der Waals surface area contributed by atoms with Gasteiger partial charge in [0.2, 0.25) is 0 Å². The fraction of sp³-hybridized carbons (Fsp3) is 0.500. The van der Waals surface area contributed by atoms with Gasteiger partial charge in [0.25, 0.3) is 11.8 Å². The maximum Gasteiger partial charge on any atom is 0.257 e. The van der Waals surface area contributed by atoms with Crippen LogP contribution in [0.4, 0.5) is 0 Å². The first-order valence-corrected chi connectivity index (χ1v) is 14.5. The van der Waals surface area contributed by atoms with Crippen molar-refractivity contribution in [1.29, 1.82) is 0 Å². The highest BCUT2D eigenvalue weighted by molar-refractivity contribution is 6.07. The number of carbonyl (C=O) groups excluding carboxylic acids is 2. The van der Waals surface area contributed by atoms with Crippen molar-refractivity contribution < 1.29 is 14.3 Å². The first-order valence-electron chi connectivity index (χ1n) is 14.5. The van der Waals surface area contributed by atoms with E-state index in [1.54, 1.807) is 0 Å². The summed E-state index contributed by atoms with van der Waals surface area (Å²) in [5, 5.41) is 1.000. The van der Waals surface area contributed by atoms with Crippen molar-refractivity contribution in [2.45, 2.75) is 76.9 Å². The van der Waals surface area contributed by atoms with Gasteiger partial charge in [-0.25, -0.2) is 0 Å². The summed E-state index contributed by atoms with van der Waals surface area (Å²) in [6, 6.07) is 15.8. The number of nitrogens with zero attached hydrogens (tertiary/aromatic N) is 3. The Labute approximate surface area is 226 Å². The van der Waals surface area contributed by atoms with E-state index in [4.69, 9.17) is 4.74 Å². The number of para-hydroxylation sites is 2. The Morgan fingerprint density at radius 3 is 2.50 bits per heavy atom. The highest BCUT2D eigenvalue weighted by atomic mass is 16.5. The van der Waals surface area contributed by atoms with Crippen LogP contribution < -0.4 is 4.74 Å². The molecule has 0 radical (unpaired) electrons. The number of fused-ring (bicyclic) bond motifs is 3. The zero-order valence-corrected chi connectivity index (χ0v) is 22.9. The lowest BCUT2D eigenvalue weighted by Gasteiger charge is -2.40. The lowest BCUT2D eigenvalue weighted by Crippen LogP contribution is -2.51. The van der Waals surface area contributed by atoms with Gasteiger partial charge in [0.05, 0.1) is 17.2 Å². The van der Waals surface area contributed by atoms with E-state index in [1.165, 1.54) is 0 Å². The first kappa shape index (κ1) is 26.3. The van der Waals surface area contributed by atoms with Crippen molar-refractivity contribution in [2.24, 2.45) is 7.05 Å². The van der Waals surface area contributed by atoms with Gasteiger partial charge in [-0.2, -0.15) is 0 Å². The van der Waals surface area contributed by atoms with Crippen LogP contribution in [-0.4, -0.2) is 58.0 Å². The fourth-order valence-corrected chi connectivity index (χ4v) is 6.26. The van der Waals surface area contributed by atoms with Crippen LogP contribution in [0.1, 0.15) is 85.4 Å². The molecule has 3 aromatic rings. The van der Waals surface area contributed by atoms with Gasteiger partial charge < -0.3 is 19.1 Å². The standard InChI is InChI=1S/C32H41N3O3/c1-3-20-34-21-12-4-5-13-22-35(32(37)26-23-33(2)27-16-8-6-14-24(26)27)28-17-9-11-19-30(28)38-29-18-10-7-15-25(29)31(34)36/h6-8,10,14-16,18,23,28,30H,3-5,9,11-13,17,19-22H2,1-2H3/t28-,30+/m1/s1. The van der Waals surface area contributed by atoms with E-state index in [9.17, 15) is 9.59 Å². The molecule has 1 aromatic heterocycles. The normalized spacial score (nSPS) is 21.4. The van der Waals surface area contributed by atoms with Gasteiger partial charge in [-0.1, -0.05) is 56.5 Å². The number of aryl methyl sites for hydroxylation is 1. The molecule has 1 aliphatic carbocycles. The molecule has 1 saturated carbocycles. The van der Waals surface area contributed by atoms with E-state index in [0.29, 0.717) is 11.3 Å². The topological polar surface area (TPSA) is 54.8 Å². The minimum Gasteiger partial charge on any atom is -0.487 e. The molecule has 2 amide bonds. The summed E-state index contributed by atoms with van der Waals surface area (Å²) in [5.41, 5.74) is 2.46. The highest BCUT2D eigenvalue weighted by Gasteiger charge is 2.36. The van der Waals surface area contributed by atoms with Gasteiger partial charge in [0, 0.05) is 43.8 Å². The van der Waals surface area contributed by atoms with Crippen molar-refractivity contribution in [1.82, 2.24) is 14.4 Å². The van der Waals surface area contributed by atoms with Crippen LogP contribution in [0, 0.1) is 0 Å². The summed E-state index contributed by atoms with van der Waals surface area (Å²) in [7, 11) is 2.00. The second kappa shape index (κ2) is 12.1. The predicted molar refractivity (Wildman–Crippen MR) is 152 cm³/mol. The Morgan fingerprint density at radius 2 is 1.66 bits per heavy atom. The number of benzene rings is 2. The number of hydrogen-bond donors (Lipinski definition) is 0. The maximum absolute atomic E-state index is 14.2. The number of aromatic nitrogens is 1. The summed E-state index contributed by atoms with van der Waals surface area (Å²) in [4.78, 5) is 31.9. The average molecular weight is 516 g/mol. The first-order chi connectivity index (χ1) is 18.6. The van der Waals surface area contributed by atoms with Crippen LogP contribution >= 0.6 is 0 Å². The second-order valence-electron chi connectivity index (χ2n) is 10.9. The Kier molecular flexibility index (Phi) is 8.35. The van der Waals surface area contributed by atoms with Crippen LogP contribution in [-0.2, 0) is 7.05 Å². The summed E-state index contributed by atoms with van der Waals surface area (Å²) >= 11 is 0. The Bertz CT molecular complexity index is 1270. The van der Waals surface area contributed by atoms with Crippen LogP contribution in [0.2, 0.25) is 0 Å². The minimum atomic E-state index is -0.140. The Balaban J connectivity index is 1.50. The van der Waals surface area contributed by atoms with Crippen molar-refractivity contribution in [2.75, 3.05) is 19.6 Å². The molecule has 2 heterocycles. The van der Waals surface area contributed by atoms with E-state index in [-0.39, 0.29) is 24.0 Å². The molecular formula is C32H41N3O3. The van der Waals surface area contributed by atoms with Crippen LogP contribution in [0.25, 0.3) is 10.9 Å². The Hall–Kier alpha value is -3.28. The van der Waals surface area contributed by atoms with Gasteiger partial charge in [-0.3, -0.25) is 9.59 Å². The molecule has 1 aliphatic heterocycles. The molecule has 0 unspecified atom stereocenters. The summed E-state index contributed by atoms with van der Waals surface area (Å²) in [5.74, 6) is 0.786. The van der Waals surface area contributed by atoms with Gasteiger partial charge in [0.15, 0.2) is 0 Å². The maximum atomic E-state index is 14.2. The third-order valence-corrected chi connectivity index (χ3v) is 8.21. The molecule has 38 heavy (non-hydrogen) atoms. The van der Waals surface area contributed by atoms with Gasteiger partial charge in [0.1, 0.15) is 11.9 Å². The zero-order chi connectivity index (χ0) is 26.5. The summed E-state index contributed by atoms with van der Waals surface area (Å²) in [6.45, 7) is 4.36. The number of rotatable bonds is 3. The number of ether oxygens (including phenoxy) is 1. The minimum absolute atomic E-state index is 0.0203. The van der Waals surface area contributed by atoms with Gasteiger partial charge in [-0.15, -0.1) is 0 Å². The molecule has 5 rings (SSSR count). The van der Waals surface area contributed by atoms with E-state index >= 15 is 0 Å². The molecular weight excluding hydrogens is 474 g/mol. The summed E-state index contributed by atoms with van der Waals surface area (Å²) < 4.78 is 8.75. The average Bonchev–Trinajstić information content (AvgIpc) is 3.28. The third kappa shape index (κ3) is 5.45. The summed E-state index contributed by atoms with van der Waals surface area (Å²) in [6.07, 6.45) is 10.7. The van der Waals surface area contributed by atoms with Crippen LogP contribution in [0.15, 0.2) is 54.7 Å². The number of carbonyl (C=O) groups is 2. The predicted octanol–water partition coefficient (Wildman–Crippen LogP) is 6.44. The smallest absolute Gasteiger partial charge is 0.257 e. The molecule has 2 atom stereocenters.